The first-order valence-electron chi connectivity index (χ1n) is 11.5. The first-order valence-corrected chi connectivity index (χ1v) is 11.5. The molecule has 31 heavy (non-hydrogen) atoms. The lowest BCUT2D eigenvalue weighted by atomic mass is 9.79. The van der Waals surface area contributed by atoms with Gasteiger partial charge < -0.3 is 0 Å². The van der Waals surface area contributed by atoms with Gasteiger partial charge in [0, 0.05) is 0 Å². The van der Waals surface area contributed by atoms with Crippen molar-refractivity contribution in [2.75, 3.05) is 0 Å². The summed E-state index contributed by atoms with van der Waals surface area (Å²) in [5, 5.41) is 0. The van der Waals surface area contributed by atoms with Gasteiger partial charge in [0.2, 0.25) is 0 Å². The molecule has 0 bridgehead atoms. The largest absolute Gasteiger partial charge is 0.0622 e. The minimum atomic E-state index is 0.505. The summed E-state index contributed by atoms with van der Waals surface area (Å²) in [6.07, 6.45) is 4.53. The van der Waals surface area contributed by atoms with Crippen LogP contribution in [0.3, 0.4) is 0 Å². The molecule has 0 aliphatic carbocycles. The molecule has 4 aromatic carbocycles. The van der Waals surface area contributed by atoms with Crippen molar-refractivity contribution in [1.29, 1.82) is 0 Å². The molecule has 0 fully saturated rings. The molecule has 0 nitrogen and oxygen atoms in total. The van der Waals surface area contributed by atoms with Crippen molar-refractivity contribution in [2.45, 2.75) is 44.4 Å². The molecule has 0 aliphatic rings. The van der Waals surface area contributed by atoms with Crippen molar-refractivity contribution < 1.29 is 0 Å². The zero-order chi connectivity index (χ0) is 21.3. The van der Waals surface area contributed by atoms with Gasteiger partial charge in [0.15, 0.2) is 0 Å². The monoisotopic (exact) mass is 404 g/mol. The van der Waals surface area contributed by atoms with Crippen molar-refractivity contribution in [2.24, 2.45) is 0 Å². The van der Waals surface area contributed by atoms with Gasteiger partial charge >= 0.3 is 0 Å². The Kier molecular flexibility index (Phi) is 7.34. The van der Waals surface area contributed by atoms with Crippen molar-refractivity contribution >= 4 is 0 Å². The summed E-state index contributed by atoms with van der Waals surface area (Å²) in [4.78, 5) is 0. The average molecular weight is 405 g/mol. The van der Waals surface area contributed by atoms with Crippen LogP contribution in [0, 0.1) is 6.92 Å². The van der Waals surface area contributed by atoms with Gasteiger partial charge in [-0.3, -0.25) is 0 Å². The van der Waals surface area contributed by atoms with Crippen molar-refractivity contribution in [3.8, 4) is 0 Å². The molecule has 0 aromatic heterocycles. The summed E-state index contributed by atoms with van der Waals surface area (Å²) in [5.41, 5.74) is 7.09. The third-order valence-electron chi connectivity index (χ3n) is 6.34. The van der Waals surface area contributed by atoms with E-state index in [-0.39, 0.29) is 0 Å². The predicted octanol–water partition coefficient (Wildman–Crippen LogP) is 8.13. The van der Waals surface area contributed by atoms with Crippen LogP contribution in [0.2, 0.25) is 0 Å². The second-order valence-corrected chi connectivity index (χ2v) is 8.66. The van der Waals surface area contributed by atoms with Crippen LogP contribution in [0.1, 0.15) is 52.5 Å². The van der Waals surface area contributed by atoms with Gasteiger partial charge in [-0.1, -0.05) is 121 Å². The van der Waals surface area contributed by atoms with Crippen LogP contribution in [-0.4, -0.2) is 0 Å². The molecule has 4 rings (SSSR count). The molecule has 0 spiro atoms. The van der Waals surface area contributed by atoms with Gasteiger partial charge in [-0.25, -0.2) is 0 Å². The minimum Gasteiger partial charge on any atom is -0.0622 e. The van der Waals surface area contributed by atoms with Gasteiger partial charge in [-0.05, 0) is 66.7 Å². The molecule has 0 saturated carbocycles. The Bertz CT molecular complexity index is 1020. The standard InChI is InChI=1S/C31H32/c1-25-17-19-27(20-18-25)23-31(29-15-9-4-10-16-29)24-30(28-13-7-3-8-14-28)22-21-26-11-5-2-6-12-26/h2-20,30-31H,21-24H2,1H3. The number of rotatable bonds is 9. The number of hydrogen-bond acceptors (Lipinski definition) is 0. The van der Waals surface area contributed by atoms with Crippen molar-refractivity contribution in [1.82, 2.24) is 0 Å². The highest BCUT2D eigenvalue weighted by Gasteiger charge is 2.20. The Morgan fingerprint density at radius 1 is 0.516 bits per heavy atom. The number of benzene rings is 4. The maximum atomic E-state index is 2.31. The third kappa shape index (κ3) is 6.18. The van der Waals surface area contributed by atoms with E-state index >= 15 is 0 Å². The summed E-state index contributed by atoms with van der Waals surface area (Å²) >= 11 is 0. The zero-order valence-electron chi connectivity index (χ0n) is 18.5. The fraction of sp³-hybridized carbons (Fsp3) is 0.226. The smallest absolute Gasteiger partial charge is 0.0116 e. The van der Waals surface area contributed by atoms with E-state index < -0.39 is 0 Å². The second-order valence-electron chi connectivity index (χ2n) is 8.66. The molecular formula is C31H32. The first kappa shape index (κ1) is 21.1. The van der Waals surface area contributed by atoms with Crippen LogP contribution in [0.5, 0.6) is 0 Å². The summed E-state index contributed by atoms with van der Waals surface area (Å²) < 4.78 is 0. The molecule has 0 radical (unpaired) electrons. The van der Waals surface area contributed by atoms with Crippen molar-refractivity contribution in [3.63, 3.8) is 0 Å². The van der Waals surface area contributed by atoms with Gasteiger partial charge in [0.25, 0.3) is 0 Å². The Morgan fingerprint density at radius 3 is 1.61 bits per heavy atom. The summed E-state index contributed by atoms with van der Waals surface area (Å²) in [5.74, 6) is 1.04. The third-order valence-corrected chi connectivity index (χ3v) is 6.34. The van der Waals surface area contributed by atoms with Gasteiger partial charge in [-0.2, -0.15) is 0 Å². The summed E-state index contributed by atoms with van der Waals surface area (Å²) in [6, 6.07) is 42.2. The topological polar surface area (TPSA) is 0 Å². The lowest BCUT2D eigenvalue weighted by Gasteiger charge is -2.25. The van der Waals surface area contributed by atoms with Gasteiger partial charge in [0.05, 0.1) is 0 Å². The second kappa shape index (κ2) is 10.8. The highest BCUT2D eigenvalue weighted by atomic mass is 14.2. The van der Waals surface area contributed by atoms with Crippen molar-refractivity contribution in [3.05, 3.63) is 143 Å². The van der Waals surface area contributed by atoms with E-state index in [4.69, 9.17) is 0 Å². The van der Waals surface area contributed by atoms with Crippen LogP contribution in [0.25, 0.3) is 0 Å². The highest BCUT2D eigenvalue weighted by Crippen LogP contribution is 2.35. The normalized spacial score (nSPS) is 12.9. The molecule has 4 aromatic rings. The molecule has 2 atom stereocenters. The molecule has 0 heterocycles. The quantitative estimate of drug-likeness (QED) is 0.264. The summed E-state index contributed by atoms with van der Waals surface area (Å²) in [6.45, 7) is 2.16. The molecule has 0 amide bonds. The SMILES string of the molecule is Cc1ccc(CC(CC(CCc2ccccc2)c2ccccc2)c2ccccc2)cc1. The Labute approximate surface area is 187 Å². The maximum absolute atomic E-state index is 2.31. The van der Waals surface area contributed by atoms with Gasteiger partial charge in [-0.15, -0.1) is 0 Å². The number of hydrogen-bond donors (Lipinski definition) is 0. The Morgan fingerprint density at radius 2 is 1.03 bits per heavy atom. The predicted molar refractivity (Wildman–Crippen MR) is 133 cm³/mol. The van der Waals surface area contributed by atoms with Crippen LogP contribution in [0.15, 0.2) is 115 Å². The summed E-state index contributed by atoms with van der Waals surface area (Å²) in [7, 11) is 0. The maximum Gasteiger partial charge on any atom is -0.0116 e. The van der Waals surface area contributed by atoms with E-state index in [1.165, 1.54) is 34.2 Å². The van der Waals surface area contributed by atoms with Crippen LogP contribution >= 0.6 is 0 Å². The van der Waals surface area contributed by atoms with E-state index in [0.717, 1.165) is 19.3 Å². The van der Waals surface area contributed by atoms with Crippen LogP contribution < -0.4 is 0 Å². The minimum absolute atomic E-state index is 0.505. The Balaban J connectivity index is 1.58. The number of aryl methyl sites for hydroxylation is 2. The molecule has 0 N–H and O–H groups in total. The highest BCUT2D eigenvalue weighted by molar-refractivity contribution is 5.28. The van der Waals surface area contributed by atoms with E-state index in [1.54, 1.807) is 0 Å². The Hall–Kier alpha value is -3.12. The van der Waals surface area contributed by atoms with Gasteiger partial charge in [0.1, 0.15) is 0 Å². The van der Waals surface area contributed by atoms with Crippen LogP contribution in [0.4, 0.5) is 0 Å². The van der Waals surface area contributed by atoms with E-state index in [1.807, 2.05) is 0 Å². The van der Waals surface area contributed by atoms with E-state index in [2.05, 4.69) is 122 Å². The lowest BCUT2D eigenvalue weighted by Crippen LogP contribution is -2.11. The zero-order valence-corrected chi connectivity index (χ0v) is 18.5. The van der Waals surface area contributed by atoms with E-state index in [9.17, 15) is 0 Å². The molecule has 0 heteroatoms. The molecular weight excluding hydrogens is 372 g/mol. The molecule has 0 aliphatic heterocycles. The van der Waals surface area contributed by atoms with E-state index in [0.29, 0.717) is 11.8 Å². The molecule has 2 unspecified atom stereocenters. The lowest BCUT2D eigenvalue weighted by molar-refractivity contribution is 0.501. The fourth-order valence-corrected chi connectivity index (χ4v) is 4.55. The average Bonchev–Trinajstić information content (AvgIpc) is 2.84. The first-order chi connectivity index (χ1) is 15.3. The van der Waals surface area contributed by atoms with Crippen LogP contribution in [-0.2, 0) is 12.8 Å². The fourth-order valence-electron chi connectivity index (χ4n) is 4.55. The molecule has 0 saturated heterocycles. The molecule has 156 valence electrons.